The summed E-state index contributed by atoms with van der Waals surface area (Å²) < 4.78 is 53.2. The van der Waals surface area contributed by atoms with E-state index < -0.39 is 26.6 Å². The minimum absolute atomic E-state index is 0.0493. The predicted molar refractivity (Wildman–Crippen MR) is 89.7 cm³/mol. The maximum atomic E-state index is 13.8. The average molecular weight is 386 g/mol. The molecular formula is C16H16F2N2O3S2. The molecule has 1 saturated heterocycles. The van der Waals surface area contributed by atoms with E-state index in [1.54, 1.807) is 4.90 Å². The Labute approximate surface area is 148 Å². The van der Waals surface area contributed by atoms with Crippen LogP contribution in [0.3, 0.4) is 0 Å². The lowest BCUT2D eigenvalue weighted by Crippen LogP contribution is -2.51. The van der Waals surface area contributed by atoms with E-state index in [1.807, 2.05) is 16.8 Å². The van der Waals surface area contributed by atoms with Crippen molar-refractivity contribution < 1.29 is 22.0 Å². The normalized spacial score (nSPS) is 16.2. The van der Waals surface area contributed by atoms with Gasteiger partial charge in [-0.25, -0.2) is 17.2 Å². The molecule has 1 aromatic heterocycles. The van der Waals surface area contributed by atoms with Crippen LogP contribution in [0.5, 0.6) is 0 Å². The zero-order valence-corrected chi connectivity index (χ0v) is 14.8. The predicted octanol–water partition coefficient (Wildman–Crippen LogP) is 2.10. The van der Waals surface area contributed by atoms with Gasteiger partial charge in [-0.2, -0.15) is 15.6 Å². The van der Waals surface area contributed by atoms with Gasteiger partial charge in [-0.3, -0.25) is 4.79 Å². The van der Waals surface area contributed by atoms with Crippen LogP contribution in [-0.2, 0) is 21.2 Å². The summed E-state index contributed by atoms with van der Waals surface area (Å²) in [5.74, 6) is -1.88. The Kier molecular flexibility index (Phi) is 5.16. The highest BCUT2D eigenvalue weighted by molar-refractivity contribution is 7.89. The lowest BCUT2D eigenvalue weighted by atomic mass is 10.2. The fourth-order valence-corrected chi connectivity index (χ4v) is 4.84. The first kappa shape index (κ1) is 18.0. The van der Waals surface area contributed by atoms with E-state index in [9.17, 15) is 22.0 Å². The van der Waals surface area contributed by atoms with Crippen molar-refractivity contribution in [3.8, 4) is 0 Å². The van der Waals surface area contributed by atoms with Crippen LogP contribution in [0.4, 0.5) is 8.78 Å². The molecule has 0 atom stereocenters. The van der Waals surface area contributed by atoms with E-state index in [0.29, 0.717) is 6.07 Å². The lowest BCUT2D eigenvalue weighted by Gasteiger charge is -2.34. The smallest absolute Gasteiger partial charge is 0.246 e. The second kappa shape index (κ2) is 7.19. The highest BCUT2D eigenvalue weighted by Gasteiger charge is 2.32. The monoisotopic (exact) mass is 386 g/mol. The SMILES string of the molecule is O=C(Cc1ccsc1)N1CCN(S(=O)(=O)c2cc(F)ccc2F)CC1. The van der Waals surface area contributed by atoms with E-state index in [1.165, 1.54) is 11.3 Å². The summed E-state index contributed by atoms with van der Waals surface area (Å²) in [4.78, 5) is 13.2. The maximum absolute atomic E-state index is 13.8. The highest BCUT2D eigenvalue weighted by Crippen LogP contribution is 2.22. The van der Waals surface area contributed by atoms with Gasteiger partial charge in [0.1, 0.15) is 16.5 Å². The van der Waals surface area contributed by atoms with Crippen LogP contribution in [0.1, 0.15) is 5.56 Å². The van der Waals surface area contributed by atoms with Crippen molar-refractivity contribution in [3.63, 3.8) is 0 Å². The quantitative estimate of drug-likeness (QED) is 0.809. The van der Waals surface area contributed by atoms with Gasteiger partial charge in [0.15, 0.2) is 0 Å². The number of halogens is 2. The Balaban J connectivity index is 1.67. The summed E-state index contributed by atoms with van der Waals surface area (Å²) in [5.41, 5.74) is 0.923. The third-order valence-corrected chi connectivity index (χ3v) is 6.68. The number of carbonyl (C=O) groups is 1. The zero-order chi connectivity index (χ0) is 18.0. The van der Waals surface area contributed by atoms with Crippen molar-refractivity contribution in [2.24, 2.45) is 0 Å². The Morgan fingerprint density at radius 2 is 1.84 bits per heavy atom. The molecule has 25 heavy (non-hydrogen) atoms. The van der Waals surface area contributed by atoms with Gasteiger partial charge >= 0.3 is 0 Å². The van der Waals surface area contributed by atoms with Crippen LogP contribution in [0, 0.1) is 11.6 Å². The number of piperazine rings is 1. The number of nitrogens with zero attached hydrogens (tertiary/aromatic N) is 2. The van der Waals surface area contributed by atoms with Crippen molar-refractivity contribution in [1.29, 1.82) is 0 Å². The van der Waals surface area contributed by atoms with Crippen molar-refractivity contribution >= 4 is 27.3 Å². The van der Waals surface area contributed by atoms with Crippen molar-refractivity contribution in [2.75, 3.05) is 26.2 Å². The summed E-state index contributed by atoms with van der Waals surface area (Å²) in [6, 6.07) is 4.22. The molecule has 2 heterocycles. The summed E-state index contributed by atoms with van der Waals surface area (Å²) in [6.07, 6.45) is 0.273. The number of hydrogen-bond acceptors (Lipinski definition) is 4. The molecule has 1 fully saturated rings. The number of sulfonamides is 1. The topological polar surface area (TPSA) is 57.7 Å². The van der Waals surface area contributed by atoms with Crippen LogP contribution in [-0.4, -0.2) is 49.7 Å². The number of amides is 1. The number of hydrogen-bond donors (Lipinski definition) is 0. The molecule has 0 bridgehead atoms. The van der Waals surface area contributed by atoms with Crippen molar-refractivity contribution in [2.45, 2.75) is 11.3 Å². The Hall–Kier alpha value is -1.84. The fourth-order valence-electron chi connectivity index (χ4n) is 2.67. The van der Waals surface area contributed by atoms with E-state index in [2.05, 4.69) is 0 Å². The van der Waals surface area contributed by atoms with Crippen LogP contribution in [0.25, 0.3) is 0 Å². The molecule has 1 aliphatic heterocycles. The summed E-state index contributed by atoms with van der Waals surface area (Å²) >= 11 is 1.51. The van der Waals surface area contributed by atoms with Gasteiger partial charge in [0.25, 0.3) is 0 Å². The van der Waals surface area contributed by atoms with Gasteiger partial charge < -0.3 is 4.90 Å². The first-order chi connectivity index (χ1) is 11.9. The molecule has 0 spiro atoms. The molecule has 134 valence electrons. The first-order valence-corrected chi connectivity index (χ1v) is 10.0. The first-order valence-electron chi connectivity index (χ1n) is 7.62. The minimum atomic E-state index is -4.13. The third kappa shape index (κ3) is 3.88. The Morgan fingerprint density at radius 1 is 1.12 bits per heavy atom. The van der Waals surface area contributed by atoms with Gasteiger partial charge in [0.05, 0.1) is 6.42 Å². The zero-order valence-electron chi connectivity index (χ0n) is 13.2. The molecule has 0 unspecified atom stereocenters. The second-order valence-corrected chi connectivity index (χ2v) is 8.35. The number of rotatable bonds is 4. The molecule has 1 aromatic carbocycles. The van der Waals surface area contributed by atoms with Gasteiger partial charge in [-0.15, -0.1) is 0 Å². The highest BCUT2D eigenvalue weighted by atomic mass is 32.2. The number of benzene rings is 1. The van der Waals surface area contributed by atoms with Crippen LogP contribution in [0.2, 0.25) is 0 Å². The molecule has 0 radical (unpaired) electrons. The molecule has 0 saturated carbocycles. The number of carbonyl (C=O) groups excluding carboxylic acids is 1. The molecule has 9 heteroatoms. The van der Waals surface area contributed by atoms with E-state index in [-0.39, 0.29) is 38.5 Å². The van der Waals surface area contributed by atoms with Crippen LogP contribution in [0.15, 0.2) is 39.9 Å². The van der Waals surface area contributed by atoms with Crippen LogP contribution >= 0.6 is 11.3 Å². The second-order valence-electron chi connectivity index (χ2n) is 5.67. The van der Waals surface area contributed by atoms with Gasteiger partial charge in [-0.05, 0) is 40.6 Å². The van der Waals surface area contributed by atoms with Crippen LogP contribution < -0.4 is 0 Å². The molecular weight excluding hydrogens is 370 g/mol. The van der Waals surface area contributed by atoms with E-state index in [4.69, 9.17) is 0 Å². The molecule has 1 amide bonds. The summed E-state index contributed by atoms with van der Waals surface area (Å²) in [7, 11) is -4.13. The molecule has 0 aliphatic carbocycles. The van der Waals surface area contributed by atoms with E-state index >= 15 is 0 Å². The Bertz CT molecular complexity index is 862. The summed E-state index contributed by atoms with van der Waals surface area (Å²) in [5, 5.41) is 3.78. The molecule has 0 N–H and O–H groups in total. The van der Waals surface area contributed by atoms with Crippen molar-refractivity contribution in [1.82, 2.24) is 9.21 Å². The molecule has 5 nitrogen and oxygen atoms in total. The Morgan fingerprint density at radius 3 is 2.48 bits per heavy atom. The minimum Gasteiger partial charge on any atom is -0.340 e. The molecule has 1 aliphatic rings. The fraction of sp³-hybridized carbons (Fsp3) is 0.312. The number of thiophene rings is 1. The standard InChI is InChI=1S/C16H16F2N2O3S2/c17-13-1-2-14(18)15(10-13)25(22,23)20-6-4-19(5-7-20)16(21)9-12-3-8-24-11-12/h1-3,8,10-11H,4-7,9H2. The molecule has 2 aromatic rings. The van der Waals surface area contributed by atoms with E-state index in [0.717, 1.165) is 22.0 Å². The largest absolute Gasteiger partial charge is 0.340 e. The lowest BCUT2D eigenvalue weighted by molar-refractivity contribution is -0.131. The van der Waals surface area contributed by atoms with Gasteiger partial charge in [0, 0.05) is 26.2 Å². The maximum Gasteiger partial charge on any atom is 0.246 e. The van der Waals surface area contributed by atoms with Gasteiger partial charge in [-0.1, -0.05) is 0 Å². The average Bonchev–Trinajstić information content (AvgIpc) is 3.10. The molecule has 3 rings (SSSR count). The summed E-state index contributed by atoms with van der Waals surface area (Å²) in [6.45, 7) is 0.541. The van der Waals surface area contributed by atoms with Crippen molar-refractivity contribution in [3.05, 3.63) is 52.2 Å². The van der Waals surface area contributed by atoms with Gasteiger partial charge in [0.2, 0.25) is 15.9 Å². The third-order valence-electron chi connectivity index (χ3n) is 4.04.